The summed E-state index contributed by atoms with van der Waals surface area (Å²) in [6, 6.07) is 3.65. The molecule has 2 aliphatic carbocycles. The van der Waals surface area contributed by atoms with E-state index >= 15 is 0 Å². The Kier molecular flexibility index (Phi) is 5.52. The lowest BCUT2D eigenvalue weighted by Gasteiger charge is -2.19. The quantitative estimate of drug-likeness (QED) is 0.544. The first-order valence-corrected chi connectivity index (χ1v) is 12.6. The highest BCUT2D eigenvalue weighted by molar-refractivity contribution is 7.17. The van der Waals surface area contributed by atoms with Gasteiger partial charge in [-0.3, -0.25) is 24.1 Å². The van der Waals surface area contributed by atoms with Crippen molar-refractivity contribution < 1.29 is 19.2 Å². The summed E-state index contributed by atoms with van der Waals surface area (Å²) in [5, 5.41) is 5.29. The van der Waals surface area contributed by atoms with E-state index in [2.05, 4.69) is 5.32 Å². The molecule has 31 heavy (non-hydrogen) atoms. The Hall–Kier alpha value is -2.32. The van der Waals surface area contributed by atoms with Crippen LogP contribution in [0.3, 0.4) is 0 Å². The minimum atomic E-state index is -0.417. The highest BCUT2D eigenvalue weighted by Gasteiger charge is 2.48. The van der Waals surface area contributed by atoms with Crippen molar-refractivity contribution in [3.05, 3.63) is 38.4 Å². The number of carbonyl (C=O) groups excluding carboxylic acids is 4. The van der Waals surface area contributed by atoms with Crippen LogP contribution in [0.4, 0.5) is 5.00 Å². The Labute approximate surface area is 188 Å². The van der Waals surface area contributed by atoms with E-state index in [0.29, 0.717) is 15.4 Å². The Morgan fingerprint density at radius 2 is 1.74 bits per heavy atom. The van der Waals surface area contributed by atoms with Crippen LogP contribution in [0.1, 0.15) is 64.2 Å². The number of fused-ring (bicyclic) bond motifs is 2. The number of hydrogen-bond donors (Lipinski definition) is 1. The molecule has 2 atom stereocenters. The molecule has 3 amide bonds. The van der Waals surface area contributed by atoms with Gasteiger partial charge in [0.25, 0.3) is 0 Å². The summed E-state index contributed by atoms with van der Waals surface area (Å²) in [5.41, 5.74) is 1.63. The van der Waals surface area contributed by atoms with Crippen molar-refractivity contribution in [1.29, 1.82) is 0 Å². The molecule has 3 heterocycles. The predicted molar refractivity (Wildman–Crippen MR) is 120 cm³/mol. The van der Waals surface area contributed by atoms with Gasteiger partial charge in [0.2, 0.25) is 23.5 Å². The predicted octanol–water partition coefficient (Wildman–Crippen LogP) is 4.03. The molecule has 5 rings (SSSR count). The molecule has 1 aliphatic heterocycles. The maximum atomic E-state index is 13.2. The Bertz CT molecular complexity index is 1030. The zero-order valence-corrected chi connectivity index (χ0v) is 18.8. The molecule has 3 aliphatic rings. The van der Waals surface area contributed by atoms with Crippen LogP contribution >= 0.6 is 22.7 Å². The molecule has 0 aromatic carbocycles. The second-order valence-electron chi connectivity index (χ2n) is 8.53. The summed E-state index contributed by atoms with van der Waals surface area (Å²) < 4.78 is 0. The number of thiophene rings is 2. The summed E-state index contributed by atoms with van der Waals surface area (Å²) in [6.07, 6.45) is 7.21. The largest absolute Gasteiger partial charge is 0.316 e. The molecule has 2 aromatic heterocycles. The van der Waals surface area contributed by atoms with Crippen molar-refractivity contribution in [1.82, 2.24) is 4.90 Å². The topological polar surface area (TPSA) is 83.6 Å². The number of nitrogens with one attached hydrogen (secondary N) is 1. The maximum Gasteiger partial charge on any atom is 0.245 e. The van der Waals surface area contributed by atoms with Crippen LogP contribution in [0.5, 0.6) is 0 Å². The van der Waals surface area contributed by atoms with Gasteiger partial charge in [-0.25, -0.2) is 0 Å². The molecule has 1 saturated carbocycles. The van der Waals surface area contributed by atoms with Crippen LogP contribution in [0.25, 0.3) is 0 Å². The zero-order valence-electron chi connectivity index (χ0n) is 17.1. The molecule has 0 spiro atoms. The van der Waals surface area contributed by atoms with Crippen LogP contribution in [-0.4, -0.2) is 34.9 Å². The number of amides is 3. The van der Waals surface area contributed by atoms with Crippen LogP contribution in [0.2, 0.25) is 0 Å². The van der Waals surface area contributed by atoms with Gasteiger partial charge in [-0.15, -0.1) is 22.7 Å². The van der Waals surface area contributed by atoms with Crippen molar-refractivity contribution >= 4 is 51.2 Å². The van der Waals surface area contributed by atoms with E-state index in [-0.39, 0.29) is 36.0 Å². The molecule has 2 aromatic rings. The summed E-state index contributed by atoms with van der Waals surface area (Å²) in [6.45, 7) is -0.278. The highest BCUT2D eigenvalue weighted by atomic mass is 32.1. The SMILES string of the molecule is O=C(CN1C(=O)C2CCCCC2C1=O)Nc1sc2c(c1C(=O)c1cccs1)CCCC2. The minimum Gasteiger partial charge on any atom is -0.316 e. The van der Waals surface area contributed by atoms with Crippen LogP contribution < -0.4 is 5.32 Å². The monoisotopic (exact) mass is 456 g/mol. The van der Waals surface area contributed by atoms with E-state index in [0.717, 1.165) is 66.7 Å². The summed E-state index contributed by atoms with van der Waals surface area (Å²) in [7, 11) is 0. The Morgan fingerprint density at radius 1 is 1.03 bits per heavy atom. The summed E-state index contributed by atoms with van der Waals surface area (Å²) in [5.74, 6) is -1.45. The van der Waals surface area contributed by atoms with Gasteiger partial charge in [0.05, 0.1) is 22.3 Å². The molecular weight excluding hydrogens is 432 g/mol. The van der Waals surface area contributed by atoms with Crippen LogP contribution in [-0.2, 0) is 27.2 Å². The smallest absolute Gasteiger partial charge is 0.245 e. The number of anilines is 1. The lowest BCUT2D eigenvalue weighted by molar-refractivity contribution is -0.142. The number of likely N-dealkylation sites (tertiary alicyclic amines) is 1. The number of imide groups is 1. The van der Waals surface area contributed by atoms with E-state index in [9.17, 15) is 19.2 Å². The third-order valence-corrected chi connectivity index (χ3v) is 8.71. The molecule has 2 unspecified atom stereocenters. The number of ketones is 1. The third kappa shape index (κ3) is 3.65. The molecule has 1 saturated heterocycles. The number of hydrogen-bond acceptors (Lipinski definition) is 6. The fraction of sp³-hybridized carbons (Fsp3) is 0.478. The molecular formula is C23H24N2O4S2. The van der Waals surface area contributed by atoms with Gasteiger partial charge >= 0.3 is 0 Å². The zero-order chi connectivity index (χ0) is 21.5. The van der Waals surface area contributed by atoms with Gasteiger partial charge in [-0.1, -0.05) is 18.9 Å². The van der Waals surface area contributed by atoms with E-state index in [1.54, 1.807) is 6.07 Å². The van der Waals surface area contributed by atoms with Crippen molar-refractivity contribution in [2.75, 3.05) is 11.9 Å². The fourth-order valence-corrected chi connectivity index (χ4v) is 7.09. The molecule has 2 fully saturated rings. The minimum absolute atomic E-state index is 0.0657. The number of rotatable bonds is 5. The normalized spacial score (nSPS) is 22.9. The van der Waals surface area contributed by atoms with Crippen molar-refractivity contribution in [2.24, 2.45) is 11.8 Å². The van der Waals surface area contributed by atoms with E-state index in [1.165, 1.54) is 22.7 Å². The van der Waals surface area contributed by atoms with E-state index in [1.807, 2.05) is 11.4 Å². The molecule has 8 heteroatoms. The van der Waals surface area contributed by atoms with Gasteiger partial charge in [0, 0.05) is 4.88 Å². The fourth-order valence-electron chi connectivity index (χ4n) is 5.12. The van der Waals surface area contributed by atoms with Gasteiger partial charge in [-0.05, 0) is 55.5 Å². The van der Waals surface area contributed by atoms with Gasteiger partial charge in [0.1, 0.15) is 11.5 Å². The van der Waals surface area contributed by atoms with Gasteiger partial charge in [-0.2, -0.15) is 0 Å². The lowest BCUT2D eigenvalue weighted by atomic mass is 9.81. The first-order valence-electron chi connectivity index (χ1n) is 10.9. The Balaban J connectivity index is 1.38. The maximum absolute atomic E-state index is 13.2. The third-order valence-electron chi connectivity index (χ3n) is 6.63. The average molecular weight is 457 g/mol. The highest BCUT2D eigenvalue weighted by Crippen LogP contribution is 2.40. The first kappa shape index (κ1) is 20.6. The molecule has 1 N–H and O–H groups in total. The number of aryl methyl sites for hydroxylation is 1. The van der Waals surface area contributed by atoms with Crippen molar-refractivity contribution in [3.8, 4) is 0 Å². The molecule has 162 valence electrons. The average Bonchev–Trinajstić information content (AvgIpc) is 3.48. The van der Waals surface area contributed by atoms with Gasteiger partial charge < -0.3 is 5.32 Å². The van der Waals surface area contributed by atoms with E-state index in [4.69, 9.17) is 0 Å². The summed E-state index contributed by atoms with van der Waals surface area (Å²) in [4.78, 5) is 54.4. The second-order valence-corrected chi connectivity index (χ2v) is 10.6. The number of nitrogens with zero attached hydrogens (tertiary/aromatic N) is 1. The van der Waals surface area contributed by atoms with E-state index < -0.39 is 5.91 Å². The molecule has 0 bridgehead atoms. The standard InChI is InChI=1S/C23H24N2O4S2/c26-18(12-25-22(28)13-6-1-2-7-14(13)23(25)29)24-21-19(20(27)17-10-5-11-30-17)15-8-3-4-9-16(15)31-21/h5,10-11,13-14H,1-4,6-9,12H2,(H,24,26). The lowest BCUT2D eigenvalue weighted by Crippen LogP contribution is -2.38. The molecule has 6 nitrogen and oxygen atoms in total. The molecule has 0 radical (unpaired) electrons. The number of carbonyl (C=O) groups is 4. The summed E-state index contributed by atoms with van der Waals surface area (Å²) >= 11 is 2.85. The van der Waals surface area contributed by atoms with Crippen LogP contribution in [0.15, 0.2) is 17.5 Å². The van der Waals surface area contributed by atoms with Crippen molar-refractivity contribution in [2.45, 2.75) is 51.4 Å². The van der Waals surface area contributed by atoms with Gasteiger partial charge in [0.15, 0.2) is 0 Å². The van der Waals surface area contributed by atoms with Crippen LogP contribution in [0, 0.1) is 11.8 Å². The van der Waals surface area contributed by atoms with Crippen molar-refractivity contribution in [3.63, 3.8) is 0 Å². The second kappa shape index (κ2) is 8.31. The first-order chi connectivity index (χ1) is 15.0. The Morgan fingerprint density at radius 3 is 2.42 bits per heavy atom.